The molecule has 0 fully saturated rings. The van der Waals surface area contributed by atoms with E-state index in [0.29, 0.717) is 0 Å². The lowest BCUT2D eigenvalue weighted by atomic mass is 10.1. The molecule has 3 rings (SSSR count). The van der Waals surface area contributed by atoms with Crippen LogP contribution in [0.5, 0.6) is 0 Å². The number of rotatable bonds is 6. The summed E-state index contributed by atoms with van der Waals surface area (Å²) in [4.78, 5) is 4.11. The molecule has 0 aliphatic carbocycles. The Hall–Kier alpha value is -2.53. The van der Waals surface area contributed by atoms with Crippen molar-refractivity contribution in [1.82, 2.24) is 25.3 Å². The minimum absolute atomic E-state index is 0.722. The summed E-state index contributed by atoms with van der Waals surface area (Å²) in [5, 5.41) is 11.6. The highest BCUT2D eigenvalue weighted by atomic mass is 15.4. The van der Waals surface area contributed by atoms with E-state index in [1.807, 2.05) is 30.1 Å². The molecule has 0 bridgehead atoms. The molecule has 0 radical (unpaired) electrons. The maximum atomic E-state index is 4.21. The van der Waals surface area contributed by atoms with Gasteiger partial charge in [-0.15, -0.1) is 5.10 Å². The summed E-state index contributed by atoms with van der Waals surface area (Å²) in [6, 6.07) is 12.5. The van der Waals surface area contributed by atoms with Gasteiger partial charge in [-0.25, -0.2) is 4.68 Å². The molecule has 1 aromatic carbocycles. The van der Waals surface area contributed by atoms with Crippen molar-refractivity contribution in [3.63, 3.8) is 0 Å². The molecule has 5 heteroatoms. The monoisotopic (exact) mass is 293 g/mol. The fourth-order valence-corrected chi connectivity index (χ4v) is 2.29. The quantitative estimate of drug-likeness (QED) is 0.756. The molecule has 2 heterocycles. The lowest BCUT2D eigenvalue weighted by Gasteiger charge is -2.04. The summed E-state index contributed by atoms with van der Waals surface area (Å²) in [6.45, 7) is 1.72. The first-order chi connectivity index (χ1) is 10.8. The van der Waals surface area contributed by atoms with Crippen LogP contribution in [0, 0.1) is 0 Å². The van der Waals surface area contributed by atoms with Gasteiger partial charge in [-0.3, -0.25) is 4.98 Å². The number of benzene rings is 1. The summed E-state index contributed by atoms with van der Waals surface area (Å²) in [7, 11) is 1.97. The molecule has 112 valence electrons. The number of likely N-dealkylation sites (N-methyl/N-ethyl adjacent to an activating group) is 1. The largest absolute Gasteiger partial charge is 0.319 e. The number of hydrogen-bond donors (Lipinski definition) is 1. The summed E-state index contributed by atoms with van der Waals surface area (Å²) >= 11 is 0. The first kappa shape index (κ1) is 14.4. The van der Waals surface area contributed by atoms with Gasteiger partial charge in [-0.2, -0.15) is 0 Å². The molecular formula is C17H19N5. The van der Waals surface area contributed by atoms with E-state index in [9.17, 15) is 0 Å². The summed E-state index contributed by atoms with van der Waals surface area (Å²) < 4.78 is 1.85. The van der Waals surface area contributed by atoms with Gasteiger partial charge in [-0.05, 0) is 43.3 Å². The topological polar surface area (TPSA) is 55.6 Å². The van der Waals surface area contributed by atoms with E-state index >= 15 is 0 Å². The second-order valence-electron chi connectivity index (χ2n) is 5.21. The Kier molecular flexibility index (Phi) is 4.56. The van der Waals surface area contributed by atoms with Gasteiger partial charge in [-0.1, -0.05) is 29.5 Å². The first-order valence-corrected chi connectivity index (χ1v) is 7.38. The van der Waals surface area contributed by atoms with Crippen LogP contribution in [0.15, 0.2) is 55.0 Å². The average molecular weight is 293 g/mol. The second-order valence-corrected chi connectivity index (χ2v) is 5.21. The van der Waals surface area contributed by atoms with Gasteiger partial charge in [0.1, 0.15) is 5.69 Å². The Balaban J connectivity index is 1.67. The smallest absolute Gasteiger partial charge is 0.114 e. The maximum Gasteiger partial charge on any atom is 0.114 e. The van der Waals surface area contributed by atoms with Crippen molar-refractivity contribution in [2.45, 2.75) is 13.0 Å². The highest BCUT2D eigenvalue weighted by Crippen LogP contribution is 2.14. The van der Waals surface area contributed by atoms with Crippen LogP contribution in [0.25, 0.3) is 11.3 Å². The van der Waals surface area contributed by atoms with E-state index in [1.54, 1.807) is 12.4 Å². The molecule has 2 aromatic heterocycles. The average Bonchev–Trinajstić information content (AvgIpc) is 3.04. The van der Waals surface area contributed by atoms with Crippen LogP contribution in [-0.4, -0.2) is 33.6 Å². The highest BCUT2D eigenvalue weighted by molar-refractivity contribution is 5.55. The van der Waals surface area contributed by atoms with Crippen LogP contribution in [0.4, 0.5) is 0 Å². The Labute approximate surface area is 130 Å². The Morgan fingerprint density at radius 2 is 1.91 bits per heavy atom. The maximum absolute atomic E-state index is 4.21. The van der Waals surface area contributed by atoms with E-state index in [0.717, 1.165) is 30.8 Å². The van der Waals surface area contributed by atoms with Gasteiger partial charge in [0.2, 0.25) is 0 Å². The van der Waals surface area contributed by atoms with E-state index in [1.165, 1.54) is 11.1 Å². The summed E-state index contributed by atoms with van der Waals surface area (Å²) in [6.07, 6.45) is 6.55. The van der Waals surface area contributed by atoms with Crippen LogP contribution >= 0.6 is 0 Å². The van der Waals surface area contributed by atoms with Gasteiger partial charge >= 0.3 is 0 Å². The Morgan fingerprint density at radius 1 is 1.09 bits per heavy atom. The molecule has 22 heavy (non-hydrogen) atoms. The molecule has 0 aliphatic heterocycles. The van der Waals surface area contributed by atoms with E-state index in [-0.39, 0.29) is 0 Å². The SMILES string of the molecule is CNCCc1ccc(Cn2cc(-c3cccnc3)nn2)cc1. The lowest BCUT2D eigenvalue weighted by Crippen LogP contribution is -2.10. The van der Waals surface area contributed by atoms with Gasteiger partial charge in [0.05, 0.1) is 12.7 Å². The van der Waals surface area contributed by atoms with E-state index in [2.05, 4.69) is 44.9 Å². The molecule has 0 saturated carbocycles. The van der Waals surface area contributed by atoms with Crippen molar-refractivity contribution in [3.8, 4) is 11.3 Å². The van der Waals surface area contributed by atoms with Crippen molar-refractivity contribution in [1.29, 1.82) is 0 Å². The molecule has 5 nitrogen and oxygen atoms in total. The van der Waals surface area contributed by atoms with Crippen molar-refractivity contribution in [2.75, 3.05) is 13.6 Å². The molecule has 3 aromatic rings. The minimum atomic E-state index is 0.722. The third-order valence-electron chi connectivity index (χ3n) is 3.53. The predicted octanol–water partition coefficient (Wildman–Crippen LogP) is 2.15. The van der Waals surface area contributed by atoms with Crippen molar-refractivity contribution in [3.05, 3.63) is 66.1 Å². The number of hydrogen-bond acceptors (Lipinski definition) is 4. The Bertz CT molecular complexity index is 703. The van der Waals surface area contributed by atoms with Crippen LogP contribution < -0.4 is 5.32 Å². The fraction of sp³-hybridized carbons (Fsp3) is 0.235. The van der Waals surface area contributed by atoms with Crippen LogP contribution in [0.2, 0.25) is 0 Å². The van der Waals surface area contributed by atoms with Crippen LogP contribution in [0.1, 0.15) is 11.1 Å². The van der Waals surface area contributed by atoms with Crippen LogP contribution in [0.3, 0.4) is 0 Å². The van der Waals surface area contributed by atoms with Crippen molar-refractivity contribution >= 4 is 0 Å². The second kappa shape index (κ2) is 6.95. The number of nitrogens with zero attached hydrogens (tertiary/aromatic N) is 4. The Morgan fingerprint density at radius 3 is 2.64 bits per heavy atom. The number of pyridine rings is 1. The van der Waals surface area contributed by atoms with Crippen LogP contribution in [-0.2, 0) is 13.0 Å². The fourth-order valence-electron chi connectivity index (χ4n) is 2.29. The van der Waals surface area contributed by atoms with Crippen molar-refractivity contribution in [2.24, 2.45) is 0 Å². The predicted molar refractivity (Wildman–Crippen MR) is 86.4 cm³/mol. The molecule has 1 N–H and O–H groups in total. The van der Waals surface area contributed by atoms with Gasteiger partial charge in [0.25, 0.3) is 0 Å². The molecule has 0 unspecified atom stereocenters. The normalized spacial score (nSPS) is 10.8. The van der Waals surface area contributed by atoms with Crippen molar-refractivity contribution < 1.29 is 0 Å². The van der Waals surface area contributed by atoms with E-state index in [4.69, 9.17) is 0 Å². The highest BCUT2D eigenvalue weighted by Gasteiger charge is 2.04. The van der Waals surface area contributed by atoms with Gasteiger partial charge < -0.3 is 5.32 Å². The van der Waals surface area contributed by atoms with Gasteiger partial charge in [0.15, 0.2) is 0 Å². The zero-order chi connectivity index (χ0) is 15.2. The molecule has 0 saturated heterocycles. The summed E-state index contributed by atoms with van der Waals surface area (Å²) in [5.74, 6) is 0. The third-order valence-corrected chi connectivity index (χ3v) is 3.53. The zero-order valence-corrected chi connectivity index (χ0v) is 12.6. The zero-order valence-electron chi connectivity index (χ0n) is 12.6. The first-order valence-electron chi connectivity index (χ1n) is 7.38. The molecule has 0 aliphatic rings. The molecule has 0 atom stereocenters. The number of nitrogens with one attached hydrogen (secondary N) is 1. The number of aromatic nitrogens is 4. The standard InChI is InChI=1S/C17H19N5/c1-18-10-8-14-4-6-15(7-5-14)12-22-13-17(20-21-22)16-3-2-9-19-11-16/h2-7,9,11,13,18H,8,10,12H2,1H3. The van der Waals surface area contributed by atoms with E-state index < -0.39 is 0 Å². The molecular weight excluding hydrogens is 274 g/mol. The molecule has 0 spiro atoms. The van der Waals surface area contributed by atoms with Gasteiger partial charge in [0, 0.05) is 18.0 Å². The summed E-state index contributed by atoms with van der Waals surface area (Å²) in [5.41, 5.74) is 4.39. The minimum Gasteiger partial charge on any atom is -0.319 e. The molecule has 0 amide bonds. The third kappa shape index (κ3) is 3.56. The lowest BCUT2D eigenvalue weighted by molar-refractivity contribution is 0.649.